The Morgan fingerprint density at radius 2 is 1.78 bits per heavy atom. The van der Waals surface area contributed by atoms with Crippen LogP contribution in [-0.2, 0) is 6.54 Å². The Bertz CT molecular complexity index is 627. The number of Topliss-reactive ketones (excluding diaryl/α,β-unsaturated/α-hetero) is 1. The maximum atomic E-state index is 12.0. The summed E-state index contributed by atoms with van der Waals surface area (Å²) >= 11 is 0. The van der Waals surface area contributed by atoms with Crippen molar-refractivity contribution < 1.29 is 4.79 Å². The van der Waals surface area contributed by atoms with Gasteiger partial charge in [0.1, 0.15) is 6.54 Å². The van der Waals surface area contributed by atoms with Gasteiger partial charge in [-0.2, -0.15) is 5.10 Å². The molecule has 0 aliphatic carbocycles. The molecule has 0 N–H and O–H groups in total. The van der Waals surface area contributed by atoms with E-state index in [9.17, 15) is 9.59 Å². The molecule has 0 unspecified atom stereocenters. The summed E-state index contributed by atoms with van der Waals surface area (Å²) in [6, 6.07) is 10.3. The van der Waals surface area contributed by atoms with Crippen molar-refractivity contribution in [2.24, 2.45) is 0 Å². The molecule has 1 aromatic carbocycles. The van der Waals surface area contributed by atoms with Gasteiger partial charge in [0.25, 0.3) is 5.56 Å². The number of carbonyl (C=O) groups is 1. The van der Waals surface area contributed by atoms with Gasteiger partial charge >= 0.3 is 0 Å². The van der Waals surface area contributed by atoms with E-state index in [0.717, 1.165) is 5.56 Å². The molecule has 2 aromatic rings. The predicted molar refractivity (Wildman–Crippen MR) is 68.7 cm³/mol. The second-order valence-corrected chi connectivity index (χ2v) is 4.26. The van der Waals surface area contributed by atoms with Crippen molar-refractivity contribution in [3.8, 4) is 0 Å². The summed E-state index contributed by atoms with van der Waals surface area (Å²) in [7, 11) is 0. The van der Waals surface area contributed by atoms with Crippen LogP contribution in [0.4, 0.5) is 0 Å². The number of benzene rings is 1. The van der Waals surface area contributed by atoms with E-state index in [1.807, 2.05) is 19.1 Å². The molecule has 2 rings (SSSR count). The van der Waals surface area contributed by atoms with Gasteiger partial charge in [-0.1, -0.05) is 29.8 Å². The van der Waals surface area contributed by atoms with Crippen molar-refractivity contribution in [2.75, 3.05) is 0 Å². The van der Waals surface area contributed by atoms with Crippen molar-refractivity contribution in [3.05, 3.63) is 63.6 Å². The second kappa shape index (κ2) is 4.96. The fourth-order valence-corrected chi connectivity index (χ4v) is 1.63. The summed E-state index contributed by atoms with van der Waals surface area (Å²) < 4.78 is 1.19. The maximum absolute atomic E-state index is 12.0. The summed E-state index contributed by atoms with van der Waals surface area (Å²) in [6.45, 7) is 3.72. The molecule has 18 heavy (non-hydrogen) atoms. The number of rotatable bonds is 3. The molecule has 0 fully saturated rings. The van der Waals surface area contributed by atoms with Crippen molar-refractivity contribution in [3.63, 3.8) is 0 Å². The number of carbonyl (C=O) groups excluding carboxylic acids is 1. The predicted octanol–water partition coefficient (Wildman–Crippen LogP) is 1.74. The first-order chi connectivity index (χ1) is 8.56. The Balaban J connectivity index is 2.24. The number of ketones is 1. The van der Waals surface area contributed by atoms with Crippen LogP contribution in [0.1, 0.15) is 21.6 Å². The van der Waals surface area contributed by atoms with E-state index in [0.29, 0.717) is 11.3 Å². The van der Waals surface area contributed by atoms with Gasteiger partial charge in [0.15, 0.2) is 5.78 Å². The van der Waals surface area contributed by atoms with Gasteiger partial charge in [0.2, 0.25) is 0 Å². The highest BCUT2D eigenvalue weighted by Crippen LogP contribution is 2.04. The third kappa shape index (κ3) is 2.71. The molecule has 4 heteroatoms. The van der Waals surface area contributed by atoms with Crippen molar-refractivity contribution in [1.29, 1.82) is 0 Å². The number of hydrogen-bond acceptors (Lipinski definition) is 3. The highest BCUT2D eigenvalue weighted by atomic mass is 16.1. The fourth-order valence-electron chi connectivity index (χ4n) is 1.63. The fraction of sp³-hybridized carbons (Fsp3) is 0.214. The van der Waals surface area contributed by atoms with E-state index < -0.39 is 0 Å². The Kier molecular flexibility index (Phi) is 3.37. The molecule has 0 saturated carbocycles. The molecule has 0 aliphatic heterocycles. The Morgan fingerprint density at radius 3 is 2.44 bits per heavy atom. The molecule has 4 nitrogen and oxygen atoms in total. The molecule has 1 heterocycles. The summed E-state index contributed by atoms with van der Waals surface area (Å²) in [5.41, 5.74) is 2.14. The van der Waals surface area contributed by atoms with Gasteiger partial charge < -0.3 is 0 Å². The van der Waals surface area contributed by atoms with E-state index in [1.165, 1.54) is 10.7 Å². The molecule has 0 radical (unpaired) electrons. The highest BCUT2D eigenvalue weighted by Gasteiger charge is 2.08. The molecular weight excluding hydrogens is 228 g/mol. The van der Waals surface area contributed by atoms with E-state index in [1.54, 1.807) is 25.1 Å². The van der Waals surface area contributed by atoms with Crippen LogP contribution in [0, 0.1) is 13.8 Å². The molecule has 0 spiro atoms. The molecule has 92 valence electrons. The lowest BCUT2D eigenvalue weighted by Crippen LogP contribution is -2.26. The van der Waals surface area contributed by atoms with E-state index in [-0.39, 0.29) is 17.9 Å². The van der Waals surface area contributed by atoms with Crippen LogP contribution in [0.15, 0.2) is 41.2 Å². The Morgan fingerprint density at radius 1 is 1.11 bits per heavy atom. The first kappa shape index (κ1) is 12.2. The average Bonchev–Trinajstić information content (AvgIpc) is 2.34. The zero-order valence-electron chi connectivity index (χ0n) is 10.4. The molecule has 0 bridgehead atoms. The summed E-state index contributed by atoms with van der Waals surface area (Å²) in [5.74, 6) is -0.116. The lowest BCUT2D eigenvalue weighted by atomic mass is 10.1. The third-order valence-electron chi connectivity index (χ3n) is 2.67. The quantitative estimate of drug-likeness (QED) is 0.770. The molecular formula is C14H14N2O2. The monoisotopic (exact) mass is 242 g/mol. The molecule has 0 amide bonds. The van der Waals surface area contributed by atoms with Gasteiger partial charge in [-0.05, 0) is 19.9 Å². The Labute approximate surface area is 105 Å². The maximum Gasteiger partial charge on any atom is 0.267 e. The van der Waals surface area contributed by atoms with Gasteiger partial charge in [-0.3, -0.25) is 9.59 Å². The molecule has 0 saturated heterocycles. The average molecular weight is 242 g/mol. The Hall–Kier alpha value is -2.23. The van der Waals surface area contributed by atoms with Crippen molar-refractivity contribution in [2.45, 2.75) is 20.4 Å². The zero-order chi connectivity index (χ0) is 13.1. The van der Waals surface area contributed by atoms with Crippen LogP contribution >= 0.6 is 0 Å². The largest absolute Gasteiger partial charge is 0.292 e. The SMILES string of the molecule is Cc1ccc(C(=O)Cn2nc(C)ccc2=O)cc1. The number of aromatic nitrogens is 2. The van der Waals surface area contributed by atoms with Crippen LogP contribution in [0.3, 0.4) is 0 Å². The second-order valence-electron chi connectivity index (χ2n) is 4.26. The first-order valence-electron chi connectivity index (χ1n) is 5.71. The lowest BCUT2D eigenvalue weighted by molar-refractivity contribution is 0.0965. The smallest absolute Gasteiger partial charge is 0.267 e. The minimum absolute atomic E-state index is 0.0242. The number of aryl methyl sites for hydroxylation is 2. The van der Waals surface area contributed by atoms with Crippen molar-refractivity contribution >= 4 is 5.78 Å². The summed E-state index contributed by atoms with van der Waals surface area (Å²) in [4.78, 5) is 23.5. The van der Waals surface area contributed by atoms with Crippen LogP contribution in [-0.4, -0.2) is 15.6 Å². The van der Waals surface area contributed by atoms with E-state index in [2.05, 4.69) is 5.10 Å². The van der Waals surface area contributed by atoms with E-state index >= 15 is 0 Å². The third-order valence-corrected chi connectivity index (χ3v) is 2.67. The minimum atomic E-state index is -0.263. The van der Waals surface area contributed by atoms with Crippen LogP contribution in [0.5, 0.6) is 0 Å². The van der Waals surface area contributed by atoms with E-state index in [4.69, 9.17) is 0 Å². The van der Waals surface area contributed by atoms with Gasteiger partial charge in [0, 0.05) is 11.6 Å². The summed E-state index contributed by atoms with van der Waals surface area (Å²) in [5, 5.41) is 4.04. The van der Waals surface area contributed by atoms with Crippen LogP contribution in [0.25, 0.3) is 0 Å². The number of nitrogens with zero attached hydrogens (tertiary/aromatic N) is 2. The minimum Gasteiger partial charge on any atom is -0.292 e. The lowest BCUT2D eigenvalue weighted by Gasteiger charge is -2.04. The molecule has 1 aromatic heterocycles. The molecule has 0 atom stereocenters. The van der Waals surface area contributed by atoms with Crippen molar-refractivity contribution in [1.82, 2.24) is 9.78 Å². The topological polar surface area (TPSA) is 52.0 Å². The number of hydrogen-bond donors (Lipinski definition) is 0. The molecule has 0 aliphatic rings. The first-order valence-corrected chi connectivity index (χ1v) is 5.71. The van der Waals surface area contributed by atoms with Crippen LogP contribution in [0.2, 0.25) is 0 Å². The van der Waals surface area contributed by atoms with Gasteiger partial charge in [0.05, 0.1) is 5.69 Å². The standard InChI is InChI=1S/C14H14N2O2/c1-10-3-6-12(7-4-10)13(17)9-16-14(18)8-5-11(2)15-16/h3-8H,9H2,1-2H3. The van der Waals surface area contributed by atoms with Gasteiger partial charge in [-0.15, -0.1) is 0 Å². The normalized spacial score (nSPS) is 10.3. The highest BCUT2D eigenvalue weighted by molar-refractivity contribution is 5.95. The summed E-state index contributed by atoms with van der Waals surface area (Å²) in [6.07, 6.45) is 0. The zero-order valence-corrected chi connectivity index (χ0v) is 10.4. The van der Waals surface area contributed by atoms with Gasteiger partial charge in [-0.25, -0.2) is 4.68 Å². The van der Waals surface area contributed by atoms with Crippen LogP contribution < -0.4 is 5.56 Å².